The van der Waals surface area contributed by atoms with Gasteiger partial charge in [-0.2, -0.15) is 13.8 Å². The van der Waals surface area contributed by atoms with Crippen molar-refractivity contribution in [2.24, 2.45) is 0 Å². The molecule has 1 amide bonds. The number of pyridine rings is 1. The van der Waals surface area contributed by atoms with Crippen LogP contribution in [0.5, 0.6) is 0 Å². The number of hydrogen-bond acceptors (Lipinski definition) is 2. The minimum atomic E-state index is -1.05. The molecule has 2 aromatic rings. The summed E-state index contributed by atoms with van der Waals surface area (Å²) in [5.74, 6) is -2.47. The van der Waals surface area contributed by atoms with Crippen LogP contribution < -0.4 is 5.32 Å². The molecule has 0 unspecified atom stereocenters. The van der Waals surface area contributed by atoms with Crippen LogP contribution in [-0.4, -0.2) is 10.9 Å². The maximum absolute atomic E-state index is 13.3. The van der Waals surface area contributed by atoms with Crippen LogP contribution in [0.1, 0.15) is 15.9 Å². The zero-order chi connectivity index (χ0) is 14.0. The van der Waals surface area contributed by atoms with Crippen LogP contribution in [0.15, 0.2) is 34.8 Å². The minimum Gasteiger partial charge on any atom is -0.318 e. The van der Waals surface area contributed by atoms with E-state index in [0.29, 0.717) is 5.56 Å². The second-order valence-corrected chi connectivity index (χ2v) is 4.74. The number of aromatic nitrogens is 1. The van der Waals surface area contributed by atoms with Gasteiger partial charge in [-0.15, -0.1) is 0 Å². The second kappa shape index (κ2) is 5.44. The third-order valence-electron chi connectivity index (χ3n) is 2.48. The molecule has 1 aromatic carbocycles. The Morgan fingerprint density at radius 2 is 2.00 bits per heavy atom. The van der Waals surface area contributed by atoms with Gasteiger partial charge >= 0.3 is 0 Å². The van der Waals surface area contributed by atoms with Crippen molar-refractivity contribution in [1.29, 1.82) is 0 Å². The molecule has 3 nitrogen and oxygen atoms in total. The van der Waals surface area contributed by atoms with Crippen molar-refractivity contribution in [3.63, 3.8) is 0 Å². The highest BCUT2D eigenvalue weighted by molar-refractivity contribution is 9.10. The topological polar surface area (TPSA) is 42.0 Å². The summed E-state index contributed by atoms with van der Waals surface area (Å²) in [6.45, 7) is 1.83. The lowest BCUT2D eigenvalue weighted by atomic mass is 10.1. The molecular weight excluding hydrogens is 318 g/mol. The molecule has 0 saturated heterocycles. The second-order valence-electron chi connectivity index (χ2n) is 3.89. The fourth-order valence-corrected chi connectivity index (χ4v) is 1.73. The van der Waals surface area contributed by atoms with Crippen molar-refractivity contribution >= 4 is 27.5 Å². The third-order valence-corrected chi connectivity index (χ3v) is 3.37. The molecule has 0 bridgehead atoms. The van der Waals surface area contributed by atoms with E-state index >= 15 is 0 Å². The number of benzene rings is 1. The van der Waals surface area contributed by atoms with E-state index in [1.54, 1.807) is 18.2 Å². The number of aryl methyl sites for hydroxylation is 1. The van der Waals surface area contributed by atoms with Gasteiger partial charge in [0.1, 0.15) is 0 Å². The summed E-state index contributed by atoms with van der Waals surface area (Å²) in [6.07, 6.45) is 0. The largest absolute Gasteiger partial charge is 0.318 e. The SMILES string of the molecule is Cc1cc(C(=O)Nc2ccc(F)nc2F)ccc1Br. The monoisotopic (exact) mass is 326 g/mol. The van der Waals surface area contributed by atoms with Crippen molar-refractivity contribution in [3.05, 3.63) is 57.8 Å². The number of carbonyl (C=O) groups excluding carboxylic acids is 1. The molecule has 1 aromatic heterocycles. The third kappa shape index (κ3) is 3.14. The van der Waals surface area contributed by atoms with Gasteiger partial charge in [-0.1, -0.05) is 15.9 Å². The molecule has 0 aliphatic carbocycles. The van der Waals surface area contributed by atoms with Crippen molar-refractivity contribution in [2.45, 2.75) is 6.92 Å². The number of anilines is 1. The van der Waals surface area contributed by atoms with Crippen molar-refractivity contribution in [3.8, 4) is 0 Å². The van der Waals surface area contributed by atoms with Crippen LogP contribution >= 0.6 is 15.9 Å². The highest BCUT2D eigenvalue weighted by Gasteiger charge is 2.11. The summed E-state index contributed by atoms with van der Waals surface area (Å²) < 4.78 is 26.8. The zero-order valence-electron chi connectivity index (χ0n) is 9.88. The smallest absolute Gasteiger partial charge is 0.255 e. The van der Waals surface area contributed by atoms with Gasteiger partial charge in [0.15, 0.2) is 0 Å². The van der Waals surface area contributed by atoms with E-state index in [0.717, 1.165) is 22.2 Å². The molecule has 1 N–H and O–H groups in total. The maximum Gasteiger partial charge on any atom is 0.255 e. The number of amides is 1. The first-order valence-electron chi connectivity index (χ1n) is 5.37. The lowest BCUT2D eigenvalue weighted by Crippen LogP contribution is -2.14. The van der Waals surface area contributed by atoms with Crippen LogP contribution in [0.25, 0.3) is 0 Å². The predicted octanol–water partition coefficient (Wildman–Crippen LogP) is 3.68. The number of nitrogens with zero attached hydrogens (tertiary/aromatic N) is 1. The highest BCUT2D eigenvalue weighted by Crippen LogP contribution is 2.18. The van der Waals surface area contributed by atoms with Gasteiger partial charge in [-0.05, 0) is 42.8 Å². The quantitative estimate of drug-likeness (QED) is 0.855. The van der Waals surface area contributed by atoms with Crippen LogP contribution in [0, 0.1) is 18.8 Å². The summed E-state index contributed by atoms with van der Waals surface area (Å²) in [7, 11) is 0. The molecule has 0 spiro atoms. The molecule has 98 valence electrons. The number of rotatable bonds is 2. The van der Waals surface area contributed by atoms with Gasteiger partial charge < -0.3 is 5.32 Å². The Labute approximate surface area is 116 Å². The van der Waals surface area contributed by atoms with Crippen molar-refractivity contribution in [1.82, 2.24) is 4.98 Å². The summed E-state index contributed by atoms with van der Waals surface area (Å²) >= 11 is 3.32. The van der Waals surface area contributed by atoms with Gasteiger partial charge in [-0.3, -0.25) is 4.79 Å². The Bertz CT molecular complexity index is 647. The lowest BCUT2D eigenvalue weighted by molar-refractivity contribution is 0.102. The van der Waals surface area contributed by atoms with Gasteiger partial charge in [0.25, 0.3) is 5.91 Å². The highest BCUT2D eigenvalue weighted by atomic mass is 79.9. The van der Waals surface area contributed by atoms with E-state index in [1.165, 1.54) is 0 Å². The summed E-state index contributed by atoms with van der Waals surface area (Å²) in [5.41, 5.74) is 1.10. The summed E-state index contributed by atoms with van der Waals surface area (Å²) in [6, 6.07) is 7.09. The maximum atomic E-state index is 13.3. The van der Waals surface area contributed by atoms with E-state index in [9.17, 15) is 13.6 Å². The van der Waals surface area contributed by atoms with E-state index in [4.69, 9.17) is 0 Å². The van der Waals surface area contributed by atoms with Crippen molar-refractivity contribution < 1.29 is 13.6 Å². The molecule has 0 radical (unpaired) electrons. The first-order chi connectivity index (χ1) is 8.97. The van der Waals surface area contributed by atoms with Gasteiger partial charge in [0.05, 0.1) is 5.69 Å². The fourth-order valence-electron chi connectivity index (χ4n) is 1.49. The number of hydrogen-bond donors (Lipinski definition) is 1. The summed E-state index contributed by atoms with van der Waals surface area (Å²) in [4.78, 5) is 14.9. The number of nitrogens with one attached hydrogen (secondary N) is 1. The molecule has 0 saturated carbocycles. The molecule has 0 atom stereocenters. The molecule has 6 heteroatoms. The molecular formula is C13H9BrF2N2O. The number of carbonyl (C=O) groups is 1. The van der Waals surface area contributed by atoms with Crippen molar-refractivity contribution in [2.75, 3.05) is 5.32 Å². The molecule has 0 fully saturated rings. The Balaban J connectivity index is 2.23. The first-order valence-corrected chi connectivity index (χ1v) is 6.16. The molecule has 0 aliphatic heterocycles. The van der Waals surface area contributed by atoms with E-state index < -0.39 is 17.8 Å². The first kappa shape index (κ1) is 13.6. The zero-order valence-corrected chi connectivity index (χ0v) is 11.5. The minimum absolute atomic E-state index is 0.160. The molecule has 0 aliphatic rings. The Morgan fingerprint density at radius 3 is 2.63 bits per heavy atom. The van der Waals surface area contributed by atoms with Gasteiger partial charge in [0, 0.05) is 10.0 Å². The fraction of sp³-hybridized carbons (Fsp3) is 0.0769. The molecule has 1 heterocycles. The predicted molar refractivity (Wildman–Crippen MR) is 71.0 cm³/mol. The Kier molecular flexibility index (Phi) is 3.90. The normalized spacial score (nSPS) is 10.3. The van der Waals surface area contributed by atoms with E-state index in [1.807, 2.05) is 6.92 Å². The average Bonchev–Trinajstić information content (AvgIpc) is 2.36. The molecule has 2 rings (SSSR count). The van der Waals surface area contributed by atoms with E-state index in [2.05, 4.69) is 26.2 Å². The van der Waals surface area contributed by atoms with Gasteiger partial charge in [-0.25, -0.2) is 0 Å². The van der Waals surface area contributed by atoms with Crippen LogP contribution in [0.4, 0.5) is 14.5 Å². The summed E-state index contributed by atoms with van der Waals surface area (Å²) in [5, 5.41) is 2.34. The lowest BCUT2D eigenvalue weighted by Gasteiger charge is -2.07. The van der Waals surface area contributed by atoms with Gasteiger partial charge in [0.2, 0.25) is 11.9 Å². The van der Waals surface area contributed by atoms with Crippen LogP contribution in [0.2, 0.25) is 0 Å². The average molecular weight is 327 g/mol. The van der Waals surface area contributed by atoms with E-state index in [-0.39, 0.29) is 5.69 Å². The Hall–Kier alpha value is -1.82. The number of halogens is 3. The van der Waals surface area contributed by atoms with Crippen LogP contribution in [-0.2, 0) is 0 Å². The Morgan fingerprint density at radius 1 is 1.26 bits per heavy atom. The standard InChI is InChI=1S/C13H9BrF2N2O/c1-7-6-8(2-3-9(7)14)13(19)17-10-4-5-11(15)18-12(10)16/h2-6H,1H3,(H,17,19). The molecule has 19 heavy (non-hydrogen) atoms. The van der Waals surface area contributed by atoms with Crippen LogP contribution in [0.3, 0.4) is 0 Å².